The number of carbonyl (C=O) groups is 2. The standard InChI is InChI=1S/C53H38O5/c1-35-11-13-36(14-12-35)51(54)38-17-27-43(28-18-38)57-45-31-21-40(22-32-45)53(49-9-5-3-7-47(49)48-8-4-6-10-50(48)53)41-23-33-46(34-24-41)58-44-29-19-39(20-30-44)52(55)37-15-25-42(56-2)26-16-37/h3-34H,1-2H3. The van der Waals surface area contributed by atoms with Gasteiger partial charge in [0.2, 0.25) is 0 Å². The monoisotopic (exact) mass is 754 g/mol. The molecule has 0 fully saturated rings. The lowest BCUT2D eigenvalue weighted by Crippen LogP contribution is -2.28. The SMILES string of the molecule is COc1ccc(C(=O)c2ccc(Oc3ccc(C4(c5ccc(Oc6ccc(C(=O)c7ccc(C)cc7)cc6)cc5)c5ccccc5-c5ccccc54)cc3)cc2)cc1. The number of rotatable bonds is 11. The molecular formula is C53H38O5. The number of hydrogen-bond donors (Lipinski definition) is 0. The van der Waals surface area contributed by atoms with E-state index >= 15 is 0 Å². The first-order chi connectivity index (χ1) is 28.4. The van der Waals surface area contributed by atoms with E-state index in [9.17, 15) is 9.59 Å². The molecule has 0 saturated carbocycles. The van der Waals surface area contributed by atoms with E-state index in [1.54, 1.807) is 55.6 Å². The molecule has 0 radical (unpaired) electrons. The Kier molecular flexibility index (Phi) is 9.48. The average molecular weight is 755 g/mol. The molecule has 0 bridgehead atoms. The van der Waals surface area contributed by atoms with Gasteiger partial charge in [-0.2, -0.15) is 0 Å². The third-order valence-electron chi connectivity index (χ3n) is 10.9. The van der Waals surface area contributed by atoms with Gasteiger partial charge in [0.05, 0.1) is 12.5 Å². The van der Waals surface area contributed by atoms with E-state index in [-0.39, 0.29) is 11.6 Å². The second-order valence-corrected chi connectivity index (χ2v) is 14.4. The van der Waals surface area contributed by atoms with Crippen LogP contribution in [0, 0.1) is 6.92 Å². The first kappa shape index (κ1) is 36.2. The lowest BCUT2D eigenvalue weighted by molar-refractivity contribution is 0.103. The van der Waals surface area contributed by atoms with Gasteiger partial charge in [-0.05, 0) is 137 Å². The fourth-order valence-electron chi connectivity index (χ4n) is 7.97. The molecule has 280 valence electrons. The Balaban J connectivity index is 0.991. The Labute approximate surface area is 337 Å². The van der Waals surface area contributed by atoms with Crippen molar-refractivity contribution >= 4 is 11.6 Å². The van der Waals surface area contributed by atoms with Crippen molar-refractivity contribution in [2.75, 3.05) is 7.11 Å². The largest absolute Gasteiger partial charge is 0.497 e. The summed E-state index contributed by atoms with van der Waals surface area (Å²) in [5, 5.41) is 0. The highest BCUT2D eigenvalue weighted by Gasteiger charge is 2.45. The van der Waals surface area contributed by atoms with E-state index in [1.165, 1.54) is 22.3 Å². The number of benzene rings is 8. The summed E-state index contributed by atoms with van der Waals surface area (Å²) in [6.45, 7) is 2.01. The molecule has 8 aromatic carbocycles. The van der Waals surface area contributed by atoms with Gasteiger partial charge in [0, 0.05) is 22.3 Å². The average Bonchev–Trinajstić information content (AvgIpc) is 3.58. The van der Waals surface area contributed by atoms with Crippen LogP contribution in [-0.4, -0.2) is 18.7 Å². The third kappa shape index (κ3) is 6.63. The minimum Gasteiger partial charge on any atom is -0.497 e. The zero-order valence-corrected chi connectivity index (χ0v) is 32.0. The molecule has 0 atom stereocenters. The van der Waals surface area contributed by atoms with Crippen molar-refractivity contribution in [2.24, 2.45) is 0 Å². The molecule has 0 aromatic heterocycles. The van der Waals surface area contributed by atoms with Crippen LogP contribution >= 0.6 is 0 Å². The fourth-order valence-corrected chi connectivity index (χ4v) is 7.97. The summed E-state index contributed by atoms with van der Waals surface area (Å²) in [6, 6.07) is 63.0. The number of hydrogen-bond acceptors (Lipinski definition) is 5. The van der Waals surface area contributed by atoms with Crippen LogP contribution in [0.4, 0.5) is 0 Å². The molecule has 5 heteroatoms. The van der Waals surface area contributed by atoms with Gasteiger partial charge in [-0.25, -0.2) is 0 Å². The zero-order chi connectivity index (χ0) is 39.6. The summed E-state index contributed by atoms with van der Waals surface area (Å²) in [5.74, 6) is 3.27. The van der Waals surface area contributed by atoms with Gasteiger partial charge in [-0.1, -0.05) is 103 Å². The number of aryl methyl sites for hydroxylation is 1. The van der Waals surface area contributed by atoms with Gasteiger partial charge in [-0.15, -0.1) is 0 Å². The molecule has 1 aliphatic rings. The highest BCUT2D eigenvalue weighted by molar-refractivity contribution is 6.09. The molecule has 0 amide bonds. The summed E-state index contributed by atoms with van der Waals surface area (Å²) in [7, 11) is 1.60. The van der Waals surface area contributed by atoms with Gasteiger partial charge >= 0.3 is 0 Å². The van der Waals surface area contributed by atoms with Crippen LogP contribution in [0.15, 0.2) is 194 Å². The molecule has 1 aliphatic carbocycles. The minimum atomic E-state index is -0.605. The van der Waals surface area contributed by atoms with Crippen molar-refractivity contribution in [3.05, 3.63) is 244 Å². The molecule has 8 aromatic rings. The number of carbonyl (C=O) groups excluding carboxylic acids is 2. The van der Waals surface area contributed by atoms with Gasteiger partial charge in [-0.3, -0.25) is 9.59 Å². The minimum absolute atomic E-state index is 0.0223. The first-order valence-corrected chi connectivity index (χ1v) is 19.2. The van der Waals surface area contributed by atoms with Crippen molar-refractivity contribution in [1.82, 2.24) is 0 Å². The van der Waals surface area contributed by atoms with Crippen LogP contribution in [0.5, 0.6) is 28.7 Å². The molecule has 9 rings (SSSR count). The molecule has 0 spiro atoms. The summed E-state index contributed by atoms with van der Waals surface area (Å²) >= 11 is 0. The van der Waals surface area contributed by atoms with Crippen molar-refractivity contribution < 1.29 is 23.8 Å². The van der Waals surface area contributed by atoms with E-state index in [2.05, 4.69) is 72.8 Å². The second kappa shape index (κ2) is 15.2. The summed E-state index contributed by atoms with van der Waals surface area (Å²) in [6.07, 6.45) is 0. The molecule has 58 heavy (non-hydrogen) atoms. The van der Waals surface area contributed by atoms with Gasteiger partial charge in [0.15, 0.2) is 11.6 Å². The molecule has 0 aliphatic heterocycles. The van der Waals surface area contributed by atoms with Gasteiger partial charge < -0.3 is 14.2 Å². The van der Waals surface area contributed by atoms with Gasteiger partial charge in [0.1, 0.15) is 28.7 Å². The molecule has 0 N–H and O–H groups in total. The number of fused-ring (bicyclic) bond motifs is 3. The quantitative estimate of drug-likeness (QED) is 0.123. The lowest BCUT2D eigenvalue weighted by Gasteiger charge is -2.34. The highest BCUT2D eigenvalue weighted by Crippen LogP contribution is 2.56. The van der Waals surface area contributed by atoms with E-state index in [4.69, 9.17) is 14.2 Å². The Morgan fingerprint density at radius 1 is 0.379 bits per heavy atom. The van der Waals surface area contributed by atoms with Gasteiger partial charge in [0.25, 0.3) is 0 Å². The maximum absolute atomic E-state index is 13.1. The van der Waals surface area contributed by atoms with Crippen molar-refractivity contribution in [1.29, 1.82) is 0 Å². The van der Waals surface area contributed by atoms with Crippen LogP contribution < -0.4 is 14.2 Å². The summed E-state index contributed by atoms with van der Waals surface area (Å²) in [4.78, 5) is 26.1. The molecular weight excluding hydrogens is 717 g/mol. The van der Waals surface area contributed by atoms with Crippen molar-refractivity contribution in [2.45, 2.75) is 12.3 Å². The normalized spacial score (nSPS) is 12.2. The predicted molar refractivity (Wildman–Crippen MR) is 228 cm³/mol. The Morgan fingerprint density at radius 2 is 0.690 bits per heavy atom. The molecule has 5 nitrogen and oxygen atoms in total. The van der Waals surface area contributed by atoms with E-state index in [0.29, 0.717) is 51.0 Å². The van der Waals surface area contributed by atoms with E-state index in [0.717, 1.165) is 16.7 Å². The Morgan fingerprint density at radius 3 is 1.05 bits per heavy atom. The first-order valence-electron chi connectivity index (χ1n) is 19.2. The smallest absolute Gasteiger partial charge is 0.193 e. The number of methoxy groups -OCH3 is 1. The Bertz CT molecular complexity index is 2700. The van der Waals surface area contributed by atoms with Crippen LogP contribution in [0.25, 0.3) is 11.1 Å². The van der Waals surface area contributed by atoms with E-state index < -0.39 is 5.41 Å². The number of ketones is 2. The molecule has 0 heterocycles. The van der Waals surface area contributed by atoms with Crippen molar-refractivity contribution in [3.63, 3.8) is 0 Å². The lowest BCUT2D eigenvalue weighted by atomic mass is 9.68. The van der Waals surface area contributed by atoms with E-state index in [1.807, 2.05) is 79.7 Å². The maximum Gasteiger partial charge on any atom is 0.193 e. The molecule has 0 saturated heterocycles. The van der Waals surface area contributed by atoms with Crippen molar-refractivity contribution in [3.8, 4) is 39.9 Å². The van der Waals surface area contributed by atoms with Crippen LogP contribution in [0.1, 0.15) is 59.7 Å². The topological polar surface area (TPSA) is 61.8 Å². The van der Waals surface area contributed by atoms with Crippen LogP contribution in [0.2, 0.25) is 0 Å². The van der Waals surface area contributed by atoms with Crippen LogP contribution in [0.3, 0.4) is 0 Å². The summed E-state index contributed by atoms with van der Waals surface area (Å²) in [5.41, 5.74) is 9.93. The highest BCUT2D eigenvalue weighted by atomic mass is 16.5. The predicted octanol–water partition coefficient (Wildman–Crippen LogP) is 12.4. The number of ether oxygens (including phenoxy) is 3. The summed E-state index contributed by atoms with van der Waals surface area (Å²) < 4.78 is 17.8. The zero-order valence-electron chi connectivity index (χ0n) is 32.0. The fraction of sp³-hybridized carbons (Fsp3) is 0.0566. The maximum atomic E-state index is 13.1. The third-order valence-corrected chi connectivity index (χ3v) is 10.9. The molecule has 0 unspecified atom stereocenters. The Hall–Kier alpha value is -7.50. The van der Waals surface area contributed by atoms with Crippen LogP contribution in [-0.2, 0) is 5.41 Å². The second-order valence-electron chi connectivity index (χ2n) is 14.4.